The van der Waals surface area contributed by atoms with Crippen LogP contribution in [-0.4, -0.2) is 11.7 Å². The first-order valence-electron chi connectivity index (χ1n) is 6.09. The van der Waals surface area contributed by atoms with Crippen LogP contribution >= 0.6 is 0 Å². The lowest BCUT2D eigenvalue weighted by molar-refractivity contribution is 0.304. The van der Waals surface area contributed by atoms with E-state index in [0.717, 1.165) is 18.5 Å². The molecule has 18 heavy (non-hydrogen) atoms. The summed E-state index contributed by atoms with van der Waals surface area (Å²) in [6, 6.07) is 13.2. The first-order chi connectivity index (χ1) is 8.81. The van der Waals surface area contributed by atoms with Crippen molar-refractivity contribution in [2.75, 3.05) is 11.9 Å². The van der Waals surface area contributed by atoms with E-state index in [2.05, 4.69) is 23.5 Å². The van der Waals surface area contributed by atoms with Gasteiger partial charge in [-0.05, 0) is 35.7 Å². The highest BCUT2D eigenvalue weighted by atomic mass is 16.5. The van der Waals surface area contributed by atoms with Crippen LogP contribution in [0.15, 0.2) is 42.5 Å². The van der Waals surface area contributed by atoms with Gasteiger partial charge in [0, 0.05) is 18.3 Å². The Kier molecular flexibility index (Phi) is 2.81. The number of anilines is 1. The van der Waals surface area contributed by atoms with E-state index in [4.69, 9.17) is 4.74 Å². The maximum Gasteiger partial charge on any atom is 0.123 e. The van der Waals surface area contributed by atoms with Gasteiger partial charge in [-0.2, -0.15) is 0 Å². The number of phenols is 1. The predicted octanol–water partition coefficient (Wildman–Crippen LogP) is 2.94. The topological polar surface area (TPSA) is 41.5 Å². The SMILES string of the molecule is Oc1cccc(OCc2ccc3c(c2)CCN3)c1. The van der Waals surface area contributed by atoms with E-state index >= 15 is 0 Å². The first kappa shape index (κ1) is 11.0. The predicted molar refractivity (Wildman–Crippen MR) is 71.1 cm³/mol. The first-order valence-corrected chi connectivity index (χ1v) is 6.09. The molecule has 3 rings (SSSR count). The average Bonchev–Trinajstić information content (AvgIpc) is 2.84. The standard InChI is InChI=1S/C15H15NO2/c17-13-2-1-3-14(9-13)18-10-11-4-5-15-12(8-11)6-7-16-15/h1-5,8-9,16-17H,6-7,10H2. The number of phenolic OH excluding ortho intramolecular Hbond substituents is 1. The van der Waals surface area contributed by atoms with Crippen LogP contribution in [0.5, 0.6) is 11.5 Å². The molecule has 2 aromatic carbocycles. The van der Waals surface area contributed by atoms with E-state index in [0.29, 0.717) is 12.4 Å². The molecule has 92 valence electrons. The average molecular weight is 241 g/mol. The van der Waals surface area contributed by atoms with Crippen molar-refractivity contribution < 1.29 is 9.84 Å². The normalized spacial score (nSPS) is 12.9. The van der Waals surface area contributed by atoms with Crippen molar-refractivity contribution in [3.8, 4) is 11.5 Å². The molecule has 0 saturated heterocycles. The minimum Gasteiger partial charge on any atom is -0.508 e. The summed E-state index contributed by atoms with van der Waals surface area (Å²) in [4.78, 5) is 0. The lowest BCUT2D eigenvalue weighted by atomic mass is 10.1. The molecule has 2 N–H and O–H groups in total. The van der Waals surface area contributed by atoms with Gasteiger partial charge in [-0.25, -0.2) is 0 Å². The van der Waals surface area contributed by atoms with Gasteiger partial charge in [0.15, 0.2) is 0 Å². The molecule has 2 aromatic rings. The molecule has 1 aliphatic heterocycles. The number of fused-ring (bicyclic) bond motifs is 1. The molecule has 0 unspecified atom stereocenters. The number of benzene rings is 2. The fourth-order valence-corrected chi connectivity index (χ4v) is 2.19. The molecule has 3 heteroatoms. The maximum absolute atomic E-state index is 9.35. The smallest absolute Gasteiger partial charge is 0.123 e. The van der Waals surface area contributed by atoms with Crippen molar-refractivity contribution in [3.05, 3.63) is 53.6 Å². The molecule has 0 atom stereocenters. The fourth-order valence-electron chi connectivity index (χ4n) is 2.19. The third-order valence-electron chi connectivity index (χ3n) is 3.10. The van der Waals surface area contributed by atoms with Crippen LogP contribution in [0.1, 0.15) is 11.1 Å². The van der Waals surface area contributed by atoms with Crippen molar-refractivity contribution in [3.63, 3.8) is 0 Å². The van der Waals surface area contributed by atoms with Gasteiger partial charge < -0.3 is 15.2 Å². The lowest BCUT2D eigenvalue weighted by Crippen LogP contribution is -1.96. The molecule has 0 aromatic heterocycles. The zero-order valence-electron chi connectivity index (χ0n) is 10.0. The second-order valence-electron chi connectivity index (χ2n) is 4.45. The Hall–Kier alpha value is -2.16. The number of rotatable bonds is 3. The number of hydrogen-bond donors (Lipinski definition) is 2. The van der Waals surface area contributed by atoms with Crippen molar-refractivity contribution >= 4 is 5.69 Å². The van der Waals surface area contributed by atoms with E-state index in [1.165, 1.54) is 11.3 Å². The highest BCUT2D eigenvalue weighted by molar-refractivity contribution is 5.56. The van der Waals surface area contributed by atoms with E-state index in [1.807, 2.05) is 6.07 Å². The van der Waals surface area contributed by atoms with Gasteiger partial charge in [-0.3, -0.25) is 0 Å². The molecule has 1 aliphatic rings. The molecule has 0 fully saturated rings. The summed E-state index contributed by atoms with van der Waals surface area (Å²) in [7, 11) is 0. The maximum atomic E-state index is 9.35. The van der Waals surface area contributed by atoms with Gasteiger partial charge in [-0.15, -0.1) is 0 Å². The van der Waals surface area contributed by atoms with Gasteiger partial charge in [0.2, 0.25) is 0 Å². The highest BCUT2D eigenvalue weighted by Crippen LogP contribution is 2.24. The largest absolute Gasteiger partial charge is 0.508 e. The molecular formula is C15H15NO2. The summed E-state index contributed by atoms with van der Waals surface area (Å²) in [6.07, 6.45) is 1.08. The zero-order chi connectivity index (χ0) is 12.4. The number of ether oxygens (including phenoxy) is 1. The molecule has 0 amide bonds. The molecule has 0 saturated carbocycles. The van der Waals surface area contributed by atoms with Crippen LogP contribution in [0.2, 0.25) is 0 Å². The zero-order valence-corrected chi connectivity index (χ0v) is 10.0. The second-order valence-corrected chi connectivity index (χ2v) is 4.45. The third kappa shape index (κ3) is 2.25. The number of nitrogens with one attached hydrogen (secondary N) is 1. The van der Waals surface area contributed by atoms with Crippen LogP contribution in [-0.2, 0) is 13.0 Å². The highest BCUT2D eigenvalue weighted by Gasteiger charge is 2.09. The van der Waals surface area contributed by atoms with Gasteiger partial charge in [0.1, 0.15) is 18.1 Å². The summed E-state index contributed by atoms with van der Waals surface area (Å²) in [5, 5.41) is 12.7. The molecule has 1 heterocycles. The van der Waals surface area contributed by atoms with Crippen LogP contribution < -0.4 is 10.1 Å². The fraction of sp³-hybridized carbons (Fsp3) is 0.200. The minimum absolute atomic E-state index is 0.227. The van der Waals surface area contributed by atoms with Crippen molar-refractivity contribution in [1.82, 2.24) is 0 Å². The van der Waals surface area contributed by atoms with E-state index in [9.17, 15) is 5.11 Å². The Morgan fingerprint density at radius 2 is 2.11 bits per heavy atom. The molecule has 0 radical (unpaired) electrons. The van der Waals surface area contributed by atoms with Gasteiger partial charge in [0.05, 0.1) is 0 Å². The van der Waals surface area contributed by atoms with Crippen LogP contribution in [0.4, 0.5) is 5.69 Å². The van der Waals surface area contributed by atoms with Crippen molar-refractivity contribution in [2.45, 2.75) is 13.0 Å². The Morgan fingerprint density at radius 3 is 3.00 bits per heavy atom. The van der Waals surface area contributed by atoms with Crippen LogP contribution in [0.25, 0.3) is 0 Å². The summed E-state index contributed by atoms with van der Waals surface area (Å²) in [5.41, 5.74) is 3.74. The Morgan fingerprint density at radius 1 is 1.17 bits per heavy atom. The van der Waals surface area contributed by atoms with Crippen LogP contribution in [0.3, 0.4) is 0 Å². The molecule has 3 nitrogen and oxygen atoms in total. The Bertz CT molecular complexity index is 566. The minimum atomic E-state index is 0.227. The summed E-state index contributed by atoms with van der Waals surface area (Å²) < 4.78 is 5.65. The Labute approximate surface area is 106 Å². The summed E-state index contributed by atoms with van der Waals surface area (Å²) >= 11 is 0. The van der Waals surface area contributed by atoms with Gasteiger partial charge in [0.25, 0.3) is 0 Å². The van der Waals surface area contributed by atoms with Crippen LogP contribution in [0, 0.1) is 0 Å². The van der Waals surface area contributed by atoms with E-state index in [-0.39, 0.29) is 5.75 Å². The molecular weight excluding hydrogens is 226 g/mol. The van der Waals surface area contributed by atoms with E-state index < -0.39 is 0 Å². The Balaban J connectivity index is 1.70. The van der Waals surface area contributed by atoms with Gasteiger partial charge >= 0.3 is 0 Å². The third-order valence-corrected chi connectivity index (χ3v) is 3.10. The molecule has 0 aliphatic carbocycles. The van der Waals surface area contributed by atoms with E-state index in [1.54, 1.807) is 18.2 Å². The lowest BCUT2D eigenvalue weighted by Gasteiger charge is -2.08. The second kappa shape index (κ2) is 4.61. The molecule has 0 spiro atoms. The number of hydrogen-bond acceptors (Lipinski definition) is 3. The molecule has 0 bridgehead atoms. The quantitative estimate of drug-likeness (QED) is 0.868. The van der Waals surface area contributed by atoms with Crippen molar-refractivity contribution in [1.29, 1.82) is 0 Å². The summed E-state index contributed by atoms with van der Waals surface area (Å²) in [5.74, 6) is 0.916. The monoisotopic (exact) mass is 241 g/mol. The number of aromatic hydroxyl groups is 1. The van der Waals surface area contributed by atoms with Crippen molar-refractivity contribution in [2.24, 2.45) is 0 Å². The summed E-state index contributed by atoms with van der Waals surface area (Å²) in [6.45, 7) is 1.54. The van der Waals surface area contributed by atoms with Gasteiger partial charge in [-0.1, -0.05) is 18.2 Å².